The van der Waals surface area contributed by atoms with E-state index in [1.54, 1.807) is 7.05 Å². The Balaban J connectivity index is 2.50. The van der Waals surface area contributed by atoms with Gasteiger partial charge in [-0.1, -0.05) is 22.0 Å². The molecule has 1 aromatic rings. The molecule has 0 spiro atoms. The molecule has 0 radical (unpaired) electrons. The van der Waals surface area contributed by atoms with Gasteiger partial charge in [-0.15, -0.1) is 0 Å². The summed E-state index contributed by atoms with van der Waals surface area (Å²) in [4.78, 5) is 0. The number of rotatable bonds is 2. The second-order valence-corrected chi connectivity index (χ2v) is 3.66. The molecular weight excluding hydrogens is 250 g/mol. The van der Waals surface area contributed by atoms with E-state index in [4.69, 9.17) is 12.2 Å². The molecule has 1 aromatic carbocycles. The van der Waals surface area contributed by atoms with Crippen molar-refractivity contribution in [3.05, 3.63) is 28.7 Å². The minimum Gasteiger partial charge on any atom is -0.364 e. The first-order chi connectivity index (χ1) is 6.22. The quantitative estimate of drug-likeness (QED) is 0.560. The highest BCUT2D eigenvalue weighted by molar-refractivity contribution is 9.10. The molecule has 13 heavy (non-hydrogen) atoms. The van der Waals surface area contributed by atoms with Gasteiger partial charge in [-0.25, -0.2) is 0 Å². The standard InChI is InChI=1S/C8H10BrN3S/c1-10-8(13)12-11-7-4-2-3-6(9)5-7/h2-5,11H,1H3,(H2,10,12,13). The number of anilines is 1. The second-order valence-electron chi connectivity index (χ2n) is 2.34. The summed E-state index contributed by atoms with van der Waals surface area (Å²) in [7, 11) is 1.76. The Morgan fingerprint density at radius 2 is 2.23 bits per heavy atom. The van der Waals surface area contributed by atoms with E-state index in [1.807, 2.05) is 24.3 Å². The Labute approximate surface area is 91.0 Å². The summed E-state index contributed by atoms with van der Waals surface area (Å²) in [5.41, 5.74) is 6.73. The molecule has 0 unspecified atom stereocenters. The van der Waals surface area contributed by atoms with Crippen LogP contribution in [0, 0.1) is 0 Å². The van der Waals surface area contributed by atoms with Crippen LogP contribution in [0.3, 0.4) is 0 Å². The normalized spacial score (nSPS) is 9.08. The monoisotopic (exact) mass is 259 g/mol. The van der Waals surface area contributed by atoms with Crippen LogP contribution in [0.5, 0.6) is 0 Å². The van der Waals surface area contributed by atoms with Crippen molar-refractivity contribution in [3.63, 3.8) is 0 Å². The predicted molar refractivity (Wildman–Crippen MR) is 62.6 cm³/mol. The first-order valence-corrected chi connectivity index (χ1v) is 4.92. The molecule has 70 valence electrons. The maximum atomic E-state index is 4.89. The Bertz CT molecular complexity index is 303. The molecule has 0 fully saturated rings. The van der Waals surface area contributed by atoms with Crippen LogP contribution in [0.15, 0.2) is 28.7 Å². The van der Waals surface area contributed by atoms with Crippen molar-refractivity contribution in [3.8, 4) is 0 Å². The lowest BCUT2D eigenvalue weighted by Crippen LogP contribution is -2.36. The number of nitrogens with one attached hydrogen (secondary N) is 3. The first kappa shape index (κ1) is 10.3. The third-order valence-corrected chi connectivity index (χ3v) is 2.17. The number of hydrazine groups is 1. The average molecular weight is 260 g/mol. The van der Waals surface area contributed by atoms with Crippen molar-refractivity contribution in [2.75, 3.05) is 12.5 Å². The fraction of sp³-hybridized carbons (Fsp3) is 0.125. The van der Waals surface area contributed by atoms with Gasteiger partial charge in [0, 0.05) is 11.5 Å². The number of hydrogen-bond acceptors (Lipinski definition) is 2. The fourth-order valence-electron chi connectivity index (χ4n) is 0.758. The van der Waals surface area contributed by atoms with Crippen LogP contribution >= 0.6 is 28.1 Å². The Morgan fingerprint density at radius 3 is 2.85 bits per heavy atom. The summed E-state index contributed by atoms with van der Waals surface area (Å²) >= 11 is 8.26. The van der Waals surface area contributed by atoms with Crippen molar-refractivity contribution < 1.29 is 0 Å². The molecule has 3 N–H and O–H groups in total. The van der Waals surface area contributed by atoms with Gasteiger partial charge in [-0.05, 0) is 30.4 Å². The second kappa shape index (κ2) is 5.04. The van der Waals surface area contributed by atoms with E-state index < -0.39 is 0 Å². The van der Waals surface area contributed by atoms with E-state index in [-0.39, 0.29) is 0 Å². The van der Waals surface area contributed by atoms with Crippen LogP contribution < -0.4 is 16.2 Å². The number of benzene rings is 1. The van der Waals surface area contributed by atoms with Crippen molar-refractivity contribution in [1.82, 2.24) is 10.7 Å². The zero-order chi connectivity index (χ0) is 9.68. The van der Waals surface area contributed by atoms with E-state index in [0.29, 0.717) is 5.11 Å². The molecule has 1 rings (SSSR count). The van der Waals surface area contributed by atoms with E-state index in [1.165, 1.54) is 0 Å². The van der Waals surface area contributed by atoms with Gasteiger partial charge in [-0.3, -0.25) is 10.9 Å². The van der Waals surface area contributed by atoms with Gasteiger partial charge in [0.05, 0.1) is 5.69 Å². The summed E-state index contributed by atoms with van der Waals surface area (Å²) in [6.45, 7) is 0. The molecule has 0 saturated heterocycles. The number of thiocarbonyl (C=S) groups is 1. The molecule has 0 bridgehead atoms. The fourth-order valence-corrected chi connectivity index (χ4v) is 1.21. The summed E-state index contributed by atoms with van der Waals surface area (Å²) in [5, 5.41) is 3.35. The Hall–Kier alpha value is -0.810. The highest BCUT2D eigenvalue weighted by atomic mass is 79.9. The van der Waals surface area contributed by atoms with E-state index in [2.05, 4.69) is 32.1 Å². The largest absolute Gasteiger partial charge is 0.364 e. The third-order valence-electron chi connectivity index (χ3n) is 1.37. The molecule has 3 nitrogen and oxygen atoms in total. The topological polar surface area (TPSA) is 36.1 Å². The molecule has 0 aliphatic carbocycles. The average Bonchev–Trinajstić information content (AvgIpc) is 2.14. The lowest BCUT2D eigenvalue weighted by atomic mass is 10.3. The van der Waals surface area contributed by atoms with Crippen molar-refractivity contribution in [1.29, 1.82) is 0 Å². The smallest absolute Gasteiger partial charge is 0.184 e. The predicted octanol–water partition coefficient (Wildman–Crippen LogP) is 1.87. The van der Waals surface area contributed by atoms with E-state index in [9.17, 15) is 0 Å². The van der Waals surface area contributed by atoms with Crippen LogP contribution in [-0.4, -0.2) is 12.2 Å². The van der Waals surface area contributed by atoms with Gasteiger partial charge >= 0.3 is 0 Å². The minimum atomic E-state index is 0.556. The maximum absolute atomic E-state index is 4.89. The van der Waals surface area contributed by atoms with Gasteiger partial charge in [0.1, 0.15) is 0 Å². The highest BCUT2D eigenvalue weighted by Gasteiger charge is 1.92. The lowest BCUT2D eigenvalue weighted by Gasteiger charge is -2.09. The van der Waals surface area contributed by atoms with Crippen LogP contribution in [0.1, 0.15) is 0 Å². The zero-order valence-corrected chi connectivity index (χ0v) is 9.50. The molecule has 0 amide bonds. The molecule has 0 aromatic heterocycles. The van der Waals surface area contributed by atoms with Gasteiger partial charge in [0.15, 0.2) is 5.11 Å². The number of hydrogen-bond donors (Lipinski definition) is 3. The molecule has 0 aliphatic heterocycles. The summed E-state index contributed by atoms with van der Waals surface area (Å²) in [6.07, 6.45) is 0. The summed E-state index contributed by atoms with van der Waals surface area (Å²) in [6, 6.07) is 7.79. The Morgan fingerprint density at radius 1 is 1.46 bits per heavy atom. The van der Waals surface area contributed by atoms with Gasteiger partial charge in [0.2, 0.25) is 0 Å². The third kappa shape index (κ3) is 3.61. The van der Waals surface area contributed by atoms with Gasteiger partial charge in [0.25, 0.3) is 0 Å². The van der Waals surface area contributed by atoms with E-state index >= 15 is 0 Å². The summed E-state index contributed by atoms with van der Waals surface area (Å²) in [5.74, 6) is 0. The Kier molecular flexibility index (Phi) is 3.98. The van der Waals surface area contributed by atoms with Crippen molar-refractivity contribution in [2.45, 2.75) is 0 Å². The SMILES string of the molecule is CNC(=S)NNc1cccc(Br)c1. The van der Waals surface area contributed by atoms with Crippen LogP contribution in [0.25, 0.3) is 0 Å². The van der Waals surface area contributed by atoms with Crippen LogP contribution in [0.2, 0.25) is 0 Å². The first-order valence-electron chi connectivity index (χ1n) is 3.71. The highest BCUT2D eigenvalue weighted by Crippen LogP contribution is 2.14. The van der Waals surface area contributed by atoms with Gasteiger partial charge < -0.3 is 5.32 Å². The molecule has 0 atom stereocenters. The van der Waals surface area contributed by atoms with E-state index in [0.717, 1.165) is 10.2 Å². The zero-order valence-electron chi connectivity index (χ0n) is 7.10. The van der Waals surface area contributed by atoms with Gasteiger partial charge in [-0.2, -0.15) is 0 Å². The molecule has 0 heterocycles. The molecule has 0 saturated carbocycles. The minimum absolute atomic E-state index is 0.556. The maximum Gasteiger partial charge on any atom is 0.184 e. The summed E-state index contributed by atoms with van der Waals surface area (Å²) < 4.78 is 1.02. The van der Waals surface area contributed by atoms with Crippen molar-refractivity contribution in [2.24, 2.45) is 0 Å². The molecule has 5 heteroatoms. The molecule has 0 aliphatic rings. The molecular formula is C8H10BrN3S. The van der Waals surface area contributed by atoms with Crippen LogP contribution in [-0.2, 0) is 0 Å². The van der Waals surface area contributed by atoms with Crippen LogP contribution in [0.4, 0.5) is 5.69 Å². The number of halogens is 1. The lowest BCUT2D eigenvalue weighted by molar-refractivity contribution is 1.04. The van der Waals surface area contributed by atoms with Crippen molar-refractivity contribution >= 4 is 38.9 Å².